The highest BCUT2D eigenvalue weighted by molar-refractivity contribution is 7.89. The minimum Gasteiger partial charge on any atom is -0.496 e. The molecule has 0 saturated heterocycles. The zero-order valence-electron chi connectivity index (χ0n) is 17.4. The summed E-state index contributed by atoms with van der Waals surface area (Å²) in [5.74, 6) is 0.0446. The van der Waals surface area contributed by atoms with Gasteiger partial charge >= 0.3 is 0 Å². The predicted molar refractivity (Wildman–Crippen MR) is 127 cm³/mol. The number of aryl methyl sites for hydroxylation is 1. The van der Waals surface area contributed by atoms with Crippen molar-refractivity contribution in [2.75, 3.05) is 12.4 Å². The lowest BCUT2D eigenvalue weighted by molar-refractivity contribution is -0.117. The van der Waals surface area contributed by atoms with Crippen LogP contribution in [0.5, 0.6) is 5.75 Å². The largest absolute Gasteiger partial charge is 0.496 e. The summed E-state index contributed by atoms with van der Waals surface area (Å²) in [5, 5.41) is 3.33. The van der Waals surface area contributed by atoms with Crippen molar-refractivity contribution in [3.05, 3.63) is 87.9 Å². The third-order valence-corrected chi connectivity index (χ3v) is 6.97. The van der Waals surface area contributed by atoms with Gasteiger partial charge < -0.3 is 10.1 Å². The van der Waals surface area contributed by atoms with Gasteiger partial charge in [0, 0.05) is 5.69 Å². The highest BCUT2D eigenvalue weighted by Crippen LogP contribution is 2.25. The van der Waals surface area contributed by atoms with Gasteiger partial charge in [-0.25, -0.2) is 8.42 Å². The Morgan fingerprint density at radius 2 is 1.72 bits per heavy atom. The summed E-state index contributed by atoms with van der Waals surface area (Å²) in [6, 6.07) is 17.2. The van der Waals surface area contributed by atoms with E-state index in [1.807, 2.05) is 30.3 Å². The number of benzene rings is 3. The lowest BCUT2D eigenvalue weighted by Gasteiger charge is -2.19. The maximum absolute atomic E-state index is 13.1. The monoisotopic (exact) mass is 492 g/mol. The number of methoxy groups -OCH3 is 1. The standard InChI is InChI=1S/C23H22Cl2N2O4S/c1-15-12-18(9-11-22(15)31-2)32(29,30)27-21(13-16-6-4-3-5-7-16)23(28)26-17-8-10-19(24)20(25)14-17/h3-12,14,21,27H,13H2,1-2H3,(H,26,28)/t21-/m1/s1. The summed E-state index contributed by atoms with van der Waals surface area (Å²) in [6.07, 6.45) is 0.155. The van der Waals surface area contributed by atoms with Gasteiger partial charge in [0.15, 0.2) is 0 Å². The molecule has 3 rings (SSSR count). The molecule has 0 aliphatic rings. The minimum absolute atomic E-state index is 0.0381. The predicted octanol–water partition coefficient (Wildman–Crippen LogP) is 4.84. The van der Waals surface area contributed by atoms with Crippen molar-refractivity contribution in [2.24, 2.45) is 0 Å². The second kappa shape index (κ2) is 10.4. The third-order valence-electron chi connectivity index (χ3n) is 4.76. The van der Waals surface area contributed by atoms with Crippen LogP contribution in [0.3, 0.4) is 0 Å². The maximum atomic E-state index is 13.1. The molecule has 1 atom stereocenters. The van der Waals surface area contributed by atoms with Crippen LogP contribution in [0.15, 0.2) is 71.6 Å². The average molecular weight is 493 g/mol. The van der Waals surface area contributed by atoms with E-state index in [1.54, 1.807) is 25.1 Å². The van der Waals surface area contributed by atoms with Crippen LogP contribution >= 0.6 is 23.2 Å². The fraction of sp³-hybridized carbons (Fsp3) is 0.174. The number of anilines is 1. The zero-order chi connectivity index (χ0) is 23.3. The lowest BCUT2D eigenvalue weighted by Crippen LogP contribution is -2.45. The number of carbonyl (C=O) groups is 1. The quantitative estimate of drug-likeness (QED) is 0.471. The molecule has 32 heavy (non-hydrogen) atoms. The van der Waals surface area contributed by atoms with Crippen LogP contribution in [0.2, 0.25) is 10.0 Å². The first kappa shape index (κ1) is 24.1. The van der Waals surface area contributed by atoms with Gasteiger partial charge in [0.2, 0.25) is 15.9 Å². The van der Waals surface area contributed by atoms with E-state index in [-0.39, 0.29) is 16.3 Å². The molecule has 3 aromatic rings. The molecule has 0 unspecified atom stereocenters. The van der Waals surface area contributed by atoms with E-state index in [0.29, 0.717) is 22.0 Å². The van der Waals surface area contributed by atoms with E-state index >= 15 is 0 Å². The van der Waals surface area contributed by atoms with Crippen LogP contribution < -0.4 is 14.8 Å². The number of hydrogen-bond acceptors (Lipinski definition) is 4. The minimum atomic E-state index is -3.99. The van der Waals surface area contributed by atoms with Crippen molar-refractivity contribution in [3.63, 3.8) is 0 Å². The first-order valence-corrected chi connectivity index (χ1v) is 11.9. The second-order valence-corrected chi connectivity index (χ2v) is 9.64. The summed E-state index contributed by atoms with van der Waals surface area (Å²) >= 11 is 12.0. The first-order chi connectivity index (χ1) is 15.2. The van der Waals surface area contributed by atoms with E-state index in [0.717, 1.165) is 5.56 Å². The van der Waals surface area contributed by atoms with Gasteiger partial charge in [0.25, 0.3) is 0 Å². The van der Waals surface area contributed by atoms with Crippen LogP contribution in [-0.2, 0) is 21.2 Å². The second-order valence-electron chi connectivity index (χ2n) is 7.11. The van der Waals surface area contributed by atoms with Crippen LogP contribution in [0, 0.1) is 6.92 Å². The van der Waals surface area contributed by atoms with E-state index in [2.05, 4.69) is 10.0 Å². The fourth-order valence-corrected chi connectivity index (χ4v) is 4.69. The molecule has 0 saturated carbocycles. The normalized spacial score (nSPS) is 12.2. The summed E-state index contributed by atoms with van der Waals surface area (Å²) in [5.41, 5.74) is 1.87. The van der Waals surface area contributed by atoms with Crippen molar-refractivity contribution in [3.8, 4) is 5.75 Å². The first-order valence-electron chi connectivity index (χ1n) is 9.66. The molecule has 0 aliphatic heterocycles. The van der Waals surface area contributed by atoms with Crippen molar-refractivity contribution in [1.29, 1.82) is 0 Å². The molecular formula is C23H22Cl2N2O4S. The molecule has 0 heterocycles. The Morgan fingerprint density at radius 3 is 2.34 bits per heavy atom. The van der Waals surface area contributed by atoms with Crippen LogP contribution in [0.25, 0.3) is 0 Å². The topological polar surface area (TPSA) is 84.5 Å². The Hall–Kier alpha value is -2.58. The van der Waals surface area contributed by atoms with Crippen LogP contribution in [-0.4, -0.2) is 27.5 Å². The Bertz CT molecular complexity index is 1220. The maximum Gasteiger partial charge on any atom is 0.242 e. The molecule has 3 aromatic carbocycles. The number of hydrogen-bond donors (Lipinski definition) is 2. The Balaban J connectivity index is 1.88. The lowest BCUT2D eigenvalue weighted by atomic mass is 10.1. The molecule has 0 spiro atoms. The van der Waals surface area contributed by atoms with E-state index in [1.165, 1.54) is 25.3 Å². The van der Waals surface area contributed by atoms with Crippen LogP contribution in [0.1, 0.15) is 11.1 Å². The number of sulfonamides is 1. The van der Waals surface area contributed by atoms with E-state index in [4.69, 9.17) is 27.9 Å². The van der Waals surface area contributed by atoms with Gasteiger partial charge in [-0.2, -0.15) is 4.72 Å². The molecule has 0 aliphatic carbocycles. The number of nitrogens with one attached hydrogen (secondary N) is 2. The molecule has 0 radical (unpaired) electrons. The van der Waals surface area contributed by atoms with Gasteiger partial charge in [-0.3, -0.25) is 4.79 Å². The van der Waals surface area contributed by atoms with E-state index < -0.39 is 22.0 Å². The molecule has 168 valence electrons. The summed E-state index contributed by atoms with van der Waals surface area (Å²) in [7, 11) is -2.48. The van der Waals surface area contributed by atoms with Gasteiger partial charge in [-0.1, -0.05) is 53.5 Å². The Kier molecular flexibility index (Phi) is 7.79. The van der Waals surface area contributed by atoms with Crippen molar-refractivity contribution >= 4 is 44.8 Å². The van der Waals surface area contributed by atoms with Gasteiger partial charge in [0.1, 0.15) is 11.8 Å². The number of ether oxygens (including phenoxy) is 1. The molecule has 2 N–H and O–H groups in total. The van der Waals surface area contributed by atoms with Crippen molar-refractivity contribution in [1.82, 2.24) is 4.72 Å². The number of carbonyl (C=O) groups excluding carboxylic acids is 1. The average Bonchev–Trinajstić information content (AvgIpc) is 2.76. The highest BCUT2D eigenvalue weighted by atomic mass is 35.5. The number of amides is 1. The van der Waals surface area contributed by atoms with Crippen LogP contribution in [0.4, 0.5) is 5.69 Å². The summed E-state index contributed by atoms with van der Waals surface area (Å²) in [6.45, 7) is 1.75. The van der Waals surface area contributed by atoms with Gasteiger partial charge in [-0.15, -0.1) is 0 Å². The smallest absolute Gasteiger partial charge is 0.242 e. The van der Waals surface area contributed by atoms with E-state index in [9.17, 15) is 13.2 Å². The number of halogens is 2. The zero-order valence-corrected chi connectivity index (χ0v) is 19.8. The Labute approximate surface area is 197 Å². The van der Waals surface area contributed by atoms with Crippen molar-refractivity contribution < 1.29 is 17.9 Å². The fourth-order valence-electron chi connectivity index (χ4n) is 3.11. The molecular weight excluding hydrogens is 471 g/mol. The number of rotatable bonds is 8. The summed E-state index contributed by atoms with van der Waals surface area (Å²) < 4.78 is 33.9. The molecule has 9 heteroatoms. The molecule has 6 nitrogen and oxygen atoms in total. The molecule has 0 aromatic heterocycles. The Morgan fingerprint density at radius 1 is 1.00 bits per heavy atom. The molecule has 0 fully saturated rings. The molecule has 1 amide bonds. The van der Waals surface area contributed by atoms with Crippen molar-refractivity contribution in [2.45, 2.75) is 24.3 Å². The highest BCUT2D eigenvalue weighted by Gasteiger charge is 2.27. The van der Waals surface area contributed by atoms with Gasteiger partial charge in [-0.05, 0) is 60.9 Å². The third kappa shape index (κ3) is 6.01. The SMILES string of the molecule is COc1ccc(S(=O)(=O)N[C@H](Cc2ccccc2)C(=O)Nc2ccc(Cl)c(Cl)c2)cc1C. The summed E-state index contributed by atoms with van der Waals surface area (Å²) in [4.78, 5) is 13.1. The van der Waals surface area contributed by atoms with Gasteiger partial charge in [0.05, 0.1) is 22.1 Å². The molecule has 0 bridgehead atoms.